The number of hydrogen-bond donors (Lipinski definition) is 1. The number of benzene rings is 2. The Hall–Kier alpha value is -1.86. The van der Waals surface area contributed by atoms with Gasteiger partial charge in [-0.1, -0.05) is 93.1 Å². The fourth-order valence-electron chi connectivity index (χ4n) is 4.90. The largest absolute Gasteiger partial charge is 0.376 e. The first-order chi connectivity index (χ1) is 12.8. The van der Waals surface area contributed by atoms with Crippen molar-refractivity contribution in [2.75, 3.05) is 0 Å². The Labute approximate surface area is 157 Å². The Morgan fingerprint density at radius 2 is 1.19 bits per heavy atom. The Kier molecular flexibility index (Phi) is 5.26. The minimum Gasteiger partial charge on any atom is -0.376 e. The molecule has 2 aliphatic carbocycles. The van der Waals surface area contributed by atoms with E-state index in [4.69, 9.17) is 0 Å². The highest BCUT2D eigenvalue weighted by atomic mass is 16.3. The fraction of sp³-hybridized carbons (Fsp3) is 0.440. The van der Waals surface area contributed by atoms with Crippen LogP contribution in [0.25, 0.3) is 5.57 Å². The molecule has 0 aliphatic heterocycles. The maximum atomic E-state index is 12.1. The smallest absolute Gasteiger partial charge is 0.137 e. The molecule has 0 fully saturated rings. The summed E-state index contributed by atoms with van der Waals surface area (Å²) >= 11 is 0. The number of rotatable bonds is 1. The Balaban J connectivity index is 1.81. The molecule has 0 amide bonds. The fourth-order valence-corrected chi connectivity index (χ4v) is 4.90. The van der Waals surface area contributed by atoms with Crippen LogP contribution in [0, 0.1) is 0 Å². The monoisotopic (exact) mass is 346 g/mol. The van der Waals surface area contributed by atoms with Crippen LogP contribution in [0.1, 0.15) is 80.9 Å². The quantitative estimate of drug-likeness (QED) is 0.616. The predicted octanol–water partition coefficient (Wildman–Crippen LogP) is 6.60. The lowest BCUT2D eigenvalue weighted by molar-refractivity contribution is 0.120. The molecule has 1 atom stereocenters. The van der Waals surface area contributed by atoms with Crippen molar-refractivity contribution in [3.8, 4) is 0 Å². The summed E-state index contributed by atoms with van der Waals surface area (Å²) < 4.78 is 0. The maximum Gasteiger partial charge on any atom is 0.137 e. The molecule has 2 aliphatic rings. The van der Waals surface area contributed by atoms with Crippen molar-refractivity contribution in [1.82, 2.24) is 0 Å². The molecule has 0 spiro atoms. The zero-order valence-electron chi connectivity index (χ0n) is 15.7. The number of allylic oxidation sites excluding steroid dienone is 1. The minimum absolute atomic E-state index is 0.947. The van der Waals surface area contributed by atoms with Crippen molar-refractivity contribution in [3.63, 3.8) is 0 Å². The third-order valence-corrected chi connectivity index (χ3v) is 6.24. The highest BCUT2D eigenvalue weighted by Crippen LogP contribution is 2.51. The summed E-state index contributed by atoms with van der Waals surface area (Å²) in [5.41, 5.74) is 5.14. The van der Waals surface area contributed by atoms with E-state index in [-0.39, 0.29) is 0 Å². The molecule has 2 aromatic rings. The predicted molar refractivity (Wildman–Crippen MR) is 109 cm³/mol. The molecule has 0 saturated heterocycles. The third-order valence-electron chi connectivity index (χ3n) is 6.24. The minimum atomic E-state index is -0.947. The van der Waals surface area contributed by atoms with E-state index in [1.807, 2.05) is 18.2 Å². The van der Waals surface area contributed by atoms with Gasteiger partial charge in [-0.25, -0.2) is 0 Å². The molecule has 1 N–H and O–H groups in total. The molecule has 4 rings (SSSR count). The van der Waals surface area contributed by atoms with Crippen LogP contribution in [0.2, 0.25) is 0 Å². The molecule has 1 unspecified atom stereocenters. The van der Waals surface area contributed by atoms with Gasteiger partial charge in [-0.05, 0) is 53.5 Å². The topological polar surface area (TPSA) is 20.2 Å². The van der Waals surface area contributed by atoms with Gasteiger partial charge in [0.1, 0.15) is 5.60 Å². The lowest BCUT2D eigenvalue weighted by Gasteiger charge is -2.29. The molecule has 0 bridgehead atoms. The van der Waals surface area contributed by atoms with Crippen LogP contribution in [-0.2, 0) is 5.60 Å². The van der Waals surface area contributed by atoms with Gasteiger partial charge in [0.25, 0.3) is 0 Å². The van der Waals surface area contributed by atoms with E-state index in [9.17, 15) is 5.11 Å². The van der Waals surface area contributed by atoms with E-state index in [0.29, 0.717) is 0 Å². The molecule has 136 valence electrons. The van der Waals surface area contributed by atoms with Gasteiger partial charge in [-0.2, -0.15) is 0 Å². The van der Waals surface area contributed by atoms with Gasteiger partial charge < -0.3 is 5.11 Å². The van der Waals surface area contributed by atoms with E-state index >= 15 is 0 Å². The molecule has 26 heavy (non-hydrogen) atoms. The molecule has 1 heteroatoms. The Morgan fingerprint density at radius 3 is 1.92 bits per heavy atom. The normalized spacial score (nSPS) is 24.3. The van der Waals surface area contributed by atoms with Crippen molar-refractivity contribution < 1.29 is 5.11 Å². The standard InChI is InChI=1S/C25H30O/c26-25(20-14-8-7-9-15-20)23-18-11-6-4-2-1-3-5-10-16-21(23)22-17-12-13-19-24(22)25/h7-9,12-15,17,19,26H,1-6,10-11,16,18H2. The van der Waals surface area contributed by atoms with Gasteiger partial charge >= 0.3 is 0 Å². The highest BCUT2D eigenvalue weighted by molar-refractivity contribution is 5.81. The summed E-state index contributed by atoms with van der Waals surface area (Å²) in [7, 11) is 0. The number of fused-ring (bicyclic) bond motifs is 2. The van der Waals surface area contributed by atoms with Gasteiger partial charge in [0.2, 0.25) is 0 Å². The summed E-state index contributed by atoms with van der Waals surface area (Å²) in [5.74, 6) is 0. The molecule has 0 saturated carbocycles. The Bertz CT molecular complexity index is 774. The van der Waals surface area contributed by atoms with E-state index in [2.05, 4.69) is 36.4 Å². The van der Waals surface area contributed by atoms with Gasteiger partial charge in [0.05, 0.1) is 0 Å². The number of hydrogen-bond acceptors (Lipinski definition) is 1. The van der Waals surface area contributed by atoms with Gasteiger partial charge in [-0.15, -0.1) is 0 Å². The second kappa shape index (κ2) is 7.80. The van der Waals surface area contributed by atoms with Gasteiger partial charge in [0.15, 0.2) is 0 Å². The van der Waals surface area contributed by atoms with E-state index < -0.39 is 5.60 Å². The Morgan fingerprint density at radius 1 is 0.615 bits per heavy atom. The lowest BCUT2D eigenvalue weighted by atomic mass is 9.81. The highest BCUT2D eigenvalue weighted by Gasteiger charge is 2.43. The van der Waals surface area contributed by atoms with Crippen molar-refractivity contribution in [1.29, 1.82) is 0 Å². The number of aliphatic hydroxyl groups is 1. The average Bonchev–Trinajstić information content (AvgIpc) is 2.92. The second-order valence-corrected chi connectivity index (χ2v) is 7.91. The van der Waals surface area contributed by atoms with Crippen LogP contribution in [-0.4, -0.2) is 5.11 Å². The SMILES string of the molecule is OC1(c2ccccc2)C2=C(CCCCCCCCCC2)c2ccccc21. The summed E-state index contributed by atoms with van der Waals surface area (Å²) in [4.78, 5) is 0. The van der Waals surface area contributed by atoms with Crippen molar-refractivity contribution in [3.05, 3.63) is 76.9 Å². The van der Waals surface area contributed by atoms with Crippen LogP contribution >= 0.6 is 0 Å². The van der Waals surface area contributed by atoms with Crippen LogP contribution in [0.3, 0.4) is 0 Å². The van der Waals surface area contributed by atoms with Gasteiger partial charge in [0, 0.05) is 0 Å². The van der Waals surface area contributed by atoms with Crippen molar-refractivity contribution in [2.45, 2.75) is 69.8 Å². The molecular formula is C25H30O. The van der Waals surface area contributed by atoms with Crippen molar-refractivity contribution >= 4 is 5.57 Å². The van der Waals surface area contributed by atoms with Crippen molar-refractivity contribution in [2.24, 2.45) is 0 Å². The van der Waals surface area contributed by atoms with E-state index in [1.54, 1.807) is 0 Å². The van der Waals surface area contributed by atoms with Crippen LogP contribution < -0.4 is 0 Å². The molecular weight excluding hydrogens is 316 g/mol. The first-order valence-corrected chi connectivity index (χ1v) is 10.4. The van der Waals surface area contributed by atoms with E-state index in [1.165, 1.54) is 68.1 Å². The molecule has 2 aromatic carbocycles. The lowest BCUT2D eigenvalue weighted by Crippen LogP contribution is -2.27. The first-order valence-electron chi connectivity index (χ1n) is 10.4. The van der Waals surface area contributed by atoms with E-state index in [0.717, 1.165) is 24.0 Å². The molecule has 1 nitrogen and oxygen atoms in total. The van der Waals surface area contributed by atoms with Crippen LogP contribution in [0.5, 0.6) is 0 Å². The van der Waals surface area contributed by atoms with Gasteiger partial charge in [-0.3, -0.25) is 0 Å². The summed E-state index contributed by atoms with van der Waals surface area (Å²) in [6.45, 7) is 0. The molecule has 0 radical (unpaired) electrons. The third kappa shape index (κ3) is 3.14. The molecule has 0 aromatic heterocycles. The zero-order valence-corrected chi connectivity index (χ0v) is 15.7. The molecule has 0 heterocycles. The maximum absolute atomic E-state index is 12.1. The summed E-state index contributed by atoms with van der Waals surface area (Å²) in [6.07, 6.45) is 12.6. The summed E-state index contributed by atoms with van der Waals surface area (Å²) in [5, 5.41) is 12.1. The average molecular weight is 347 g/mol. The summed E-state index contributed by atoms with van der Waals surface area (Å²) in [6, 6.07) is 18.8. The van der Waals surface area contributed by atoms with Crippen LogP contribution in [0.4, 0.5) is 0 Å². The van der Waals surface area contributed by atoms with Crippen LogP contribution in [0.15, 0.2) is 60.2 Å². The zero-order chi connectivity index (χ0) is 17.8. The second-order valence-electron chi connectivity index (χ2n) is 7.91. The first kappa shape index (κ1) is 17.5.